The maximum atomic E-state index is 9.75. The van der Waals surface area contributed by atoms with Gasteiger partial charge in [-0.15, -0.1) is 5.43 Å². The number of amidine groups is 1. The Balaban J connectivity index is 0.000000743. The lowest BCUT2D eigenvalue weighted by atomic mass is 9.99. The Morgan fingerprint density at radius 2 is 0.933 bits per heavy atom. The number of aliphatic imine (C=N–C) groups is 1. The van der Waals surface area contributed by atoms with Crippen molar-refractivity contribution >= 4 is 18.8 Å². The number of pyridine rings is 1. The molecular weight excluding hydrogens is 573 g/mol. The number of nitrogens with one attached hydrogen (secondary N) is 1. The molecule has 5 aromatic carbocycles. The third-order valence-electron chi connectivity index (χ3n) is 6.85. The molecule has 0 fully saturated rings. The predicted molar refractivity (Wildman–Crippen MR) is 176 cm³/mol. The Labute approximate surface area is 260 Å². The van der Waals surface area contributed by atoms with Crippen molar-refractivity contribution in [3.05, 3.63) is 169 Å². The molecule has 1 aromatic heterocycles. The van der Waals surface area contributed by atoms with E-state index >= 15 is 0 Å². The van der Waals surface area contributed by atoms with Crippen LogP contribution >= 0.6 is 0 Å². The van der Waals surface area contributed by atoms with Gasteiger partial charge < -0.3 is 17.3 Å². The molecule has 1 N–H and O–H groups in total. The van der Waals surface area contributed by atoms with Crippen LogP contribution in [0.25, 0.3) is 33.6 Å². The van der Waals surface area contributed by atoms with E-state index in [9.17, 15) is 17.3 Å². The number of benzene rings is 5. The monoisotopic (exact) mass is 603 g/mol. The van der Waals surface area contributed by atoms with Gasteiger partial charge in [-0.25, -0.2) is 4.99 Å². The first-order valence-corrected chi connectivity index (χ1v) is 14.4. The van der Waals surface area contributed by atoms with Crippen LogP contribution in [-0.2, 0) is 0 Å². The molecule has 0 aliphatic heterocycles. The smallest absolute Gasteiger partial charge is 0.418 e. The van der Waals surface area contributed by atoms with Crippen LogP contribution in [0.2, 0.25) is 0 Å². The maximum Gasteiger partial charge on any atom is 0.673 e. The average Bonchev–Trinajstić information content (AvgIpc) is 3.06. The summed E-state index contributed by atoms with van der Waals surface area (Å²) in [5.41, 5.74) is 13.4. The Hall–Kier alpha value is -5.50. The normalized spacial score (nSPS) is 11.4. The lowest BCUT2D eigenvalue weighted by Gasteiger charge is -2.14. The van der Waals surface area contributed by atoms with Crippen LogP contribution < -0.4 is 10.1 Å². The molecule has 0 aliphatic rings. The summed E-state index contributed by atoms with van der Waals surface area (Å²) in [5.74, 6) is 0.760. The summed E-state index contributed by atoms with van der Waals surface area (Å²) in [6.07, 6.45) is 0. The number of nitrogens with zero attached hydrogens (tertiary/aromatic N) is 2. The number of halogens is 4. The van der Waals surface area contributed by atoms with E-state index in [0.29, 0.717) is 0 Å². The molecule has 0 aliphatic carbocycles. The highest BCUT2D eigenvalue weighted by Crippen LogP contribution is 2.29. The second kappa shape index (κ2) is 14.3. The Kier molecular flexibility index (Phi) is 9.85. The minimum Gasteiger partial charge on any atom is -0.418 e. The van der Waals surface area contributed by atoms with Crippen LogP contribution in [0.3, 0.4) is 0 Å². The fourth-order valence-electron chi connectivity index (χ4n) is 4.76. The minimum absolute atomic E-state index is 0.760. The molecule has 0 spiro atoms. The summed E-state index contributed by atoms with van der Waals surface area (Å²) in [7, 11) is -6.00. The summed E-state index contributed by atoms with van der Waals surface area (Å²) in [4.78, 5) is 5.10. The van der Waals surface area contributed by atoms with Gasteiger partial charge in [0.05, 0.1) is 5.69 Å². The SMILES string of the molecule is Cc1ccc(N=C(N[n+]2c(-c3ccccc3)cc(-c3ccccc3)cc2-c2ccccc2)c2ccccc2)cc1.F[B-](F)(F)F. The molecule has 45 heavy (non-hydrogen) atoms. The Morgan fingerprint density at radius 1 is 0.533 bits per heavy atom. The standard InChI is InChI=1S/C37H30N3.BF4/c1-28-22-24-34(25-23-28)38-37(32-20-12-5-13-21-32)39-40-35(30-16-8-3-9-17-30)26-33(29-14-6-2-7-15-29)27-36(40)31-18-10-4-11-19-31;2-1(3,4)5/h2-27H,1H3,(H,38,39);/q+1;-1. The predicted octanol–water partition coefficient (Wildman–Crippen LogP) is 9.91. The van der Waals surface area contributed by atoms with E-state index in [0.717, 1.165) is 45.2 Å². The van der Waals surface area contributed by atoms with Gasteiger partial charge in [0, 0.05) is 28.8 Å². The lowest BCUT2D eigenvalue weighted by molar-refractivity contribution is -0.617. The van der Waals surface area contributed by atoms with Crippen molar-refractivity contribution in [2.75, 3.05) is 5.43 Å². The Morgan fingerprint density at radius 3 is 1.38 bits per heavy atom. The quantitative estimate of drug-likeness (QED) is 0.0663. The molecule has 0 saturated carbocycles. The molecule has 0 unspecified atom stereocenters. The van der Waals surface area contributed by atoms with E-state index in [-0.39, 0.29) is 0 Å². The zero-order valence-electron chi connectivity index (χ0n) is 24.5. The van der Waals surface area contributed by atoms with E-state index < -0.39 is 7.25 Å². The second-order valence-electron chi connectivity index (χ2n) is 10.2. The number of aromatic nitrogens is 1. The van der Waals surface area contributed by atoms with E-state index in [1.54, 1.807) is 0 Å². The third-order valence-corrected chi connectivity index (χ3v) is 6.85. The molecule has 0 saturated heterocycles. The van der Waals surface area contributed by atoms with Crippen LogP contribution in [0.15, 0.2) is 163 Å². The Bertz CT molecular complexity index is 1780. The van der Waals surface area contributed by atoms with Crippen LogP contribution in [0.1, 0.15) is 11.1 Å². The van der Waals surface area contributed by atoms with E-state index in [2.05, 4.69) is 157 Å². The average molecular weight is 603 g/mol. The van der Waals surface area contributed by atoms with E-state index in [4.69, 9.17) is 4.99 Å². The zero-order valence-corrected chi connectivity index (χ0v) is 24.5. The number of hydrogen-bond acceptors (Lipinski definition) is 1. The van der Waals surface area contributed by atoms with Crippen molar-refractivity contribution < 1.29 is 21.9 Å². The van der Waals surface area contributed by atoms with Crippen molar-refractivity contribution in [2.24, 2.45) is 4.99 Å². The molecule has 0 amide bonds. The summed E-state index contributed by atoms with van der Waals surface area (Å²) in [6.45, 7) is 2.09. The van der Waals surface area contributed by atoms with Crippen molar-refractivity contribution in [1.29, 1.82) is 0 Å². The van der Waals surface area contributed by atoms with Gasteiger partial charge in [-0.2, -0.15) is 0 Å². The van der Waals surface area contributed by atoms with Gasteiger partial charge in [0.2, 0.25) is 11.4 Å². The van der Waals surface area contributed by atoms with Crippen molar-refractivity contribution in [3.8, 4) is 33.6 Å². The fraction of sp³-hybridized carbons (Fsp3) is 0.0270. The van der Waals surface area contributed by atoms with Crippen LogP contribution in [0.5, 0.6) is 0 Å². The van der Waals surface area contributed by atoms with E-state index in [1.165, 1.54) is 11.1 Å². The van der Waals surface area contributed by atoms with Crippen molar-refractivity contribution in [3.63, 3.8) is 0 Å². The number of aryl methyl sites for hydroxylation is 1. The highest BCUT2D eigenvalue weighted by atomic mass is 19.5. The summed E-state index contributed by atoms with van der Waals surface area (Å²) < 4.78 is 41.2. The minimum atomic E-state index is -6.00. The molecule has 6 aromatic rings. The molecule has 1 heterocycles. The topological polar surface area (TPSA) is 28.3 Å². The van der Waals surface area contributed by atoms with Gasteiger partial charge in [-0.05, 0) is 54.4 Å². The summed E-state index contributed by atoms with van der Waals surface area (Å²) in [5, 5.41) is 0. The van der Waals surface area contributed by atoms with E-state index in [1.807, 2.05) is 18.2 Å². The molecule has 6 rings (SSSR count). The number of hydrogen-bond donors (Lipinski definition) is 1. The molecule has 0 radical (unpaired) electrons. The molecular formula is C37H30BF4N3. The third kappa shape index (κ3) is 8.77. The maximum absolute atomic E-state index is 9.75. The molecule has 0 atom stereocenters. The first-order chi connectivity index (χ1) is 21.7. The zero-order chi connectivity index (χ0) is 31.6. The molecule has 224 valence electrons. The van der Waals surface area contributed by atoms with Crippen LogP contribution in [0, 0.1) is 6.92 Å². The molecule has 0 bridgehead atoms. The fourth-order valence-corrected chi connectivity index (χ4v) is 4.76. The first kappa shape index (κ1) is 30.9. The largest absolute Gasteiger partial charge is 0.673 e. The molecule has 3 nitrogen and oxygen atoms in total. The van der Waals surface area contributed by atoms with Crippen LogP contribution in [-0.4, -0.2) is 13.1 Å². The van der Waals surface area contributed by atoms with Crippen molar-refractivity contribution in [1.82, 2.24) is 0 Å². The summed E-state index contributed by atoms with van der Waals surface area (Å²) >= 11 is 0. The highest BCUT2D eigenvalue weighted by Gasteiger charge is 2.25. The lowest BCUT2D eigenvalue weighted by Crippen LogP contribution is -2.52. The van der Waals surface area contributed by atoms with Gasteiger partial charge >= 0.3 is 7.25 Å². The van der Waals surface area contributed by atoms with Gasteiger partial charge in [0.1, 0.15) is 0 Å². The highest BCUT2D eigenvalue weighted by molar-refractivity contribution is 6.50. The van der Waals surface area contributed by atoms with Gasteiger partial charge in [-0.1, -0.05) is 119 Å². The first-order valence-electron chi connectivity index (χ1n) is 14.4. The van der Waals surface area contributed by atoms with Crippen LogP contribution in [0.4, 0.5) is 23.0 Å². The van der Waals surface area contributed by atoms with Gasteiger partial charge in [0.25, 0.3) is 0 Å². The molecule has 8 heteroatoms. The van der Waals surface area contributed by atoms with Gasteiger partial charge in [0.15, 0.2) is 5.84 Å². The number of rotatable bonds is 6. The van der Waals surface area contributed by atoms with Crippen molar-refractivity contribution in [2.45, 2.75) is 6.92 Å². The van der Waals surface area contributed by atoms with Gasteiger partial charge in [-0.3, -0.25) is 0 Å². The second-order valence-corrected chi connectivity index (χ2v) is 10.2. The summed E-state index contributed by atoms with van der Waals surface area (Å²) in [6, 6.07) is 54.6.